The smallest absolute Gasteiger partial charge is 0.222 e. The molecular weight excluding hydrogens is 292 g/mol. The van der Waals surface area contributed by atoms with Gasteiger partial charge >= 0.3 is 0 Å². The number of carbonyl (C=O) groups is 1. The number of amides is 1. The molecule has 0 radical (unpaired) electrons. The fourth-order valence-corrected chi connectivity index (χ4v) is 2.07. The van der Waals surface area contributed by atoms with Gasteiger partial charge in [0, 0.05) is 25.6 Å². The fourth-order valence-electron chi connectivity index (χ4n) is 1.77. The van der Waals surface area contributed by atoms with E-state index in [4.69, 9.17) is 21.1 Å². The highest BCUT2D eigenvalue weighted by atomic mass is 35.5. The Bertz CT molecular complexity index is 478. The van der Waals surface area contributed by atoms with Crippen molar-refractivity contribution in [3.05, 3.63) is 22.7 Å². The van der Waals surface area contributed by atoms with Crippen LogP contribution in [-0.4, -0.2) is 33.2 Å². The molecule has 0 fully saturated rings. The van der Waals surface area contributed by atoms with Gasteiger partial charge in [-0.2, -0.15) is 0 Å². The monoisotopic (exact) mass is 314 g/mol. The molecule has 6 heteroatoms. The van der Waals surface area contributed by atoms with E-state index in [0.29, 0.717) is 36.2 Å². The summed E-state index contributed by atoms with van der Waals surface area (Å²) in [7, 11) is 3.13. The van der Waals surface area contributed by atoms with E-state index in [-0.39, 0.29) is 11.8 Å². The third-order valence-electron chi connectivity index (χ3n) is 3.01. The Labute approximate surface area is 131 Å². The van der Waals surface area contributed by atoms with Gasteiger partial charge in [-0.25, -0.2) is 0 Å². The number of ether oxygens (including phenoxy) is 2. The molecule has 0 saturated heterocycles. The number of halogens is 1. The highest BCUT2D eigenvalue weighted by molar-refractivity contribution is 6.33. The molecule has 2 N–H and O–H groups in total. The van der Waals surface area contributed by atoms with Crippen LogP contribution in [0.15, 0.2) is 12.1 Å². The van der Waals surface area contributed by atoms with E-state index < -0.39 is 0 Å². The van der Waals surface area contributed by atoms with Crippen molar-refractivity contribution in [2.75, 3.05) is 27.3 Å². The predicted molar refractivity (Wildman–Crippen MR) is 84.1 cm³/mol. The molecular formula is C15H23ClN2O3. The molecule has 0 bridgehead atoms. The summed E-state index contributed by atoms with van der Waals surface area (Å²) in [6.07, 6.45) is 0. The number of methoxy groups -OCH3 is 2. The minimum absolute atomic E-state index is 0.00490. The second-order valence-corrected chi connectivity index (χ2v) is 5.27. The lowest BCUT2D eigenvalue weighted by Gasteiger charge is -2.13. The van der Waals surface area contributed by atoms with Crippen molar-refractivity contribution < 1.29 is 14.3 Å². The number of benzene rings is 1. The van der Waals surface area contributed by atoms with Gasteiger partial charge in [0.25, 0.3) is 0 Å². The van der Waals surface area contributed by atoms with Gasteiger partial charge < -0.3 is 20.1 Å². The van der Waals surface area contributed by atoms with Crippen LogP contribution in [-0.2, 0) is 11.3 Å². The van der Waals surface area contributed by atoms with Crippen LogP contribution in [0.1, 0.15) is 19.4 Å². The van der Waals surface area contributed by atoms with E-state index in [0.717, 1.165) is 5.56 Å². The normalized spacial score (nSPS) is 10.6. The summed E-state index contributed by atoms with van der Waals surface area (Å²) in [5, 5.41) is 6.61. The Morgan fingerprint density at radius 1 is 1.24 bits per heavy atom. The standard InChI is InChI=1S/C15H23ClN2O3/c1-10(2)15(19)18-8-7-17-9-11-5-6-12(20-3)14(21-4)13(11)16/h5-6,10,17H,7-9H2,1-4H3,(H,18,19). The molecule has 1 rings (SSSR count). The quantitative estimate of drug-likeness (QED) is 0.722. The van der Waals surface area contributed by atoms with E-state index in [9.17, 15) is 4.79 Å². The average Bonchev–Trinajstić information content (AvgIpc) is 2.47. The van der Waals surface area contributed by atoms with Gasteiger partial charge in [0.05, 0.1) is 19.2 Å². The maximum absolute atomic E-state index is 11.4. The Kier molecular flexibility index (Phi) is 7.32. The zero-order chi connectivity index (χ0) is 15.8. The van der Waals surface area contributed by atoms with Gasteiger partial charge in [-0.05, 0) is 11.6 Å². The summed E-state index contributed by atoms with van der Waals surface area (Å²) in [4.78, 5) is 11.4. The molecule has 0 spiro atoms. The minimum atomic E-state index is 0.00490. The van der Waals surface area contributed by atoms with Crippen molar-refractivity contribution in [3.8, 4) is 11.5 Å². The average molecular weight is 315 g/mol. The molecule has 5 nitrogen and oxygen atoms in total. The molecule has 21 heavy (non-hydrogen) atoms. The molecule has 0 aliphatic heterocycles. The van der Waals surface area contributed by atoms with E-state index >= 15 is 0 Å². The molecule has 1 amide bonds. The van der Waals surface area contributed by atoms with Gasteiger partial charge in [0.1, 0.15) is 0 Å². The van der Waals surface area contributed by atoms with Gasteiger partial charge in [-0.1, -0.05) is 31.5 Å². The van der Waals surface area contributed by atoms with Crippen molar-refractivity contribution in [3.63, 3.8) is 0 Å². The van der Waals surface area contributed by atoms with E-state index in [2.05, 4.69) is 10.6 Å². The summed E-state index contributed by atoms with van der Waals surface area (Å²) in [6.45, 7) is 5.58. The van der Waals surface area contributed by atoms with Gasteiger partial charge in [0.2, 0.25) is 5.91 Å². The number of nitrogens with one attached hydrogen (secondary N) is 2. The number of carbonyl (C=O) groups excluding carboxylic acids is 1. The van der Waals surface area contributed by atoms with Gasteiger partial charge in [-0.3, -0.25) is 4.79 Å². The van der Waals surface area contributed by atoms with Crippen molar-refractivity contribution in [1.82, 2.24) is 10.6 Å². The number of hydrogen-bond donors (Lipinski definition) is 2. The van der Waals surface area contributed by atoms with E-state index in [1.165, 1.54) is 0 Å². The molecule has 0 saturated carbocycles. The summed E-state index contributed by atoms with van der Waals surface area (Å²) < 4.78 is 10.4. The summed E-state index contributed by atoms with van der Waals surface area (Å²) in [6, 6.07) is 3.71. The largest absolute Gasteiger partial charge is 0.493 e. The van der Waals surface area contributed by atoms with E-state index in [1.807, 2.05) is 26.0 Å². The maximum atomic E-state index is 11.4. The highest BCUT2D eigenvalue weighted by Gasteiger charge is 2.12. The first-order chi connectivity index (χ1) is 10.0. The third-order valence-corrected chi connectivity index (χ3v) is 3.42. The second-order valence-electron chi connectivity index (χ2n) is 4.90. The Hall–Kier alpha value is -1.46. The van der Waals surface area contributed by atoms with Crippen LogP contribution in [0.5, 0.6) is 11.5 Å². The third kappa shape index (κ3) is 5.10. The molecule has 0 aliphatic carbocycles. The zero-order valence-electron chi connectivity index (χ0n) is 13.0. The predicted octanol–water partition coefficient (Wildman–Crippen LogP) is 2.22. The zero-order valence-corrected chi connectivity index (χ0v) is 13.7. The first kappa shape index (κ1) is 17.6. The van der Waals surface area contributed by atoms with Crippen LogP contribution in [0.3, 0.4) is 0 Å². The lowest BCUT2D eigenvalue weighted by Crippen LogP contribution is -2.34. The first-order valence-corrected chi connectivity index (χ1v) is 7.26. The first-order valence-electron chi connectivity index (χ1n) is 6.89. The topological polar surface area (TPSA) is 59.6 Å². The summed E-state index contributed by atoms with van der Waals surface area (Å²) in [5.74, 6) is 1.20. The molecule has 118 valence electrons. The number of rotatable bonds is 8. The van der Waals surface area contributed by atoms with Crippen LogP contribution in [0.25, 0.3) is 0 Å². The molecule has 1 aromatic rings. The molecule has 0 aliphatic rings. The Morgan fingerprint density at radius 2 is 1.95 bits per heavy atom. The van der Waals surface area contributed by atoms with Crippen LogP contribution in [0, 0.1) is 5.92 Å². The lowest BCUT2D eigenvalue weighted by atomic mass is 10.2. The van der Waals surface area contributed by atoms with Gasteiger partial charge in [-0.15, -0.1) is 0 Å². The van der Waals surface area contributed by atoms with Crippen LogP contribution in [0.4, 0.5) is 0 Å². The maximum Gasteiger partial charge on any atom is 0.222 e. The lowest BCUT2D eigenvalue weighted by molar-refractivity contribution is -0.123. The molecule has 0 unspecified atom stereocenters. The van der Waals surface area contributed by atoms with Crippen LogP contribution >= 0.6 is 11.6 Å². The number of hydrogen-bond acceptors (Lipinski definition) is 4. The Balaban J connectivity index is 2.48. The van der Waals surface area contributed by atoms with Gasteiger partial charge in [0.15, 0.2) is 11.5 Å². The van der Waals surface area contributed by atoms with Crippen LogP contribution < -0.4 is 20.1 Å². The summed E-state index contributed by atoms with van der Waals surface area (Å²) in [5.41, 5.74) is 0.921. The molecule has 1 aromatic carbocycles. The fraction of sp³-hybridized carbons (Fsp3) is 0.533. The van der Waals surface area contributed by atoms with Crippen molar-refractivity contribution in [1.29, 1.82) is 0 Å². The highest BCUT2D eigenvalue weighted by Crippen LogP contribution is 2.37. The van der Waals surface area contributed by atoms with E-state index in [1.54, 1.807) is 14.2 Å². The van der Waals surface area contributed by atoms with Crippen molar-refractivity contribution in [2.45, 2.75) is 20.4 Å². The van der Waals surface area contributed by atoms with Crippen LogP contribution in [0.2, 0.25) is 5.02 Å². The molecule has 0 heterocycles. The molecule has 0 aromatic heterocycles. The van der Waals surface area contributed by atoms with Crippen molar-refractivity contribution >= 4 is 17.5 Å². The minimum Gasteiger partial charge on any atom is -0.493 e. The Morgan fingerprint density at radius 3 is 2.52 bits per heavy atom. The van der Waals surface area contributed by atoms with Crippen molar-refractivity contribution in [2.24, 2.45) is 5.92 Å². The summed E-state index contributed by atoms with van der Waals surface area (Å²) >= 11 is 6.28. The molecule has 0 atom stereocenters. The SMILES string of the molecule is COc1ccc(CNCCNC(=O)C(C)C)c(Cl)c1OC. The second kappa shape index (κ2) is 8.74.